The van der Waals surface area contributed by atoms with Gasteiger partial charge in [-0.3, -0.25) is 0 Å². The molecule has 4 heterocycles. The van der Waals surface area contributed by atoms with Gasteiger partial charge in [0.2, 0.25) is 0 Å². The molecule has 0 unspecified atom stereocenters. The Labute approximate surface area is 152 Å². The molecule has 0 fully saturated rings. The fraction of sp³-hybridized carbons (Fsp3) is 0. The first-order valence-corrected chi connectivity index (χ1v) is 8.04. The van der Waals surface area contributed by atoms with Gasteiger partial charge in [-0.2, -0.15) is 0 Å². The molecule has 0 saturated carbocycles. The first-order valence-electron chi connectivity index (χ1n) is 6.21. The van der Waals surface area contributed by atoms with Crippen LogP contribution in [-0.4, -0.2) is 18.8 Å². The number of rotatable bonds is 0. The molecule has 0 aliphatic carbocycles. The Bertz CT molecular complexity index is 999. The lowest BCUT2D eigenvalue weighted by atomic mass is 10.4. The summed E-state index contributed by atoms with van der Waals surface area (Å²) in [4.78, 5) is 7.72. The number of hydrogen-bond acceptors (Lipinski definition) is 2. The summed E-state index contributed by atoms with van der Waals surface area (Å²) in [7, 11) is 0. The lowest BCUT2D eigenvalue weighted by Gasteiger charge is -1.97. The summed E-state index contributed by atoms with van der Waals surface area (Å²) in [6.07, 6.45) is 7.84. The summed E-state index contributed by atoms with van der Waals surface area (Å²) in [5.74, 6) is -0.840. The first-order chi connectivity index (χ1) is 11.0. The molecule has 4 nitrogen and oxygen atoms in total. The van der Waals surface area contributed by atoms with Crippen LogP contribution in [0, 0.1) is 15.3 Å². The second kappa shape index (κ2) is 6.58. The fourth-order valence-corrected chi connectivity index (χ4v) is 2.86. The third-order valence-corrected chi connectivity index (χ3v) is 4.40. The lowest BCUT2D eigenvalue weighted by Crippen LogP contribution is -1.87. The molecule has 0 radical (unpaired) electrons. The van der Waals surface area contributed by atoms with Crippen molar-refractivity contribution in [1.29, 1.82) is 0 Å². The second-order valence-electron chi connectivity index (χ2n) is 4.43. The number of fused-ring (bicyclic) bond motifs is 2. The summed E-state index contributed by atoms with van der Waals surface area (Å²) in [5, 5.41) is 0.249. The van der Waals surface area contributed by atoms with E-state index in [-0.39, 0.29) is 10.0 Å². The zero-order valence-electron chi connectivity index (χ0n) is 11.2. The number of pyridine rings is 2. The quantitative estimate of drug-likeness (QED) is 0.347. The van der Waals surface area contributed by atoms with Gasteiger partial charge in [0.25, 0.3) is 0 Å². The topological polar surface area (TPSA) is 34.6 Å². The van der Waals surface area contributed by atoms with E-state index in [1.54, 1.807) is 27.5 Å². The highest BCUT2D eigenvalue weighted by atomic mass is 127. The monoisotopic (exact) mass is 466 g/mol. The molecule has 23 heavy (non-hydrogen) atoms. The molecule has 4 aromatic rings. The van der Waals surface area contributed by atoms with Crippen molar-refractivity contribution >= 4 is 56.8 Å². The maximum Gasteiger partial charge on any atom is 0.168 e. The fourth-order valence-electron chi connectivity index (χ4n) is 1.92. The Morgan fingerprint density at radius 3 is 2.35 bits per heavy atom. The van der Waals surface area contributed by atoms with Crippen LogP contribution in [0.25, 0.3) is 11.0 Å². The highest BCUT2D eigenvalue weighted by Gasteiger charge is 2.09. The first kappa shape index (κ1) is 16.4. The van der Waals surface area contributed by atoms with E-state index in [4.69, 9.17) is 23.2 Å². The molecule has 0 atom stereocenters. The third kappa shape index (κ3) is 3.13. The normalized spacial score (nSPS) is 10.8. The van der Waals surface area contributed by atoms with Gasteiger partial charge in [0.05, 0.1) is 22.6 Å². The lowest BCUT2D eigenvalue weighted by molar-refractivity contribution is 0.633. The van der Waals surface area contributed by atoms with Gasteiger partial charge in [-0.05, 0) is 34.7 Å². The minimum absolute atomic E-state index is 0.123. The van der Waals surface area contributed by atoms with Crippen LogP contribution in [0.4, 0.5) is 8.78 Å². The SMILES string of the molecule is Fc1c(Cl)ccn2cnc(I)c12.Fc1c(Cl)ccn2cncc12. The number of nitrogens with zero attached hydrogens (tertiary/aromatic N) is 4. The number of hydrogen-bond donors (Lipinski definition) is 0. The van der Waals surface area contributed by atoms with E-state index in [1.807, 2.05) is 22.6 Å². The van der Waals surface area contributed by atoms with Crippen LogP contribution in [0.5, 0.6) is 0 Å². The standard InChI is InChI=1S/C7H3ClFIN2.C7H4ClFN2/c8-4-1-2-12-3-11-7(10)6(12)5(4)9;8-5-1-2-11-4-10-3-6(11)7(5)9/h1-3H;1-4H. The van der Waals surface area contributed by atoms with Crippen molar-refractivity contribution in [3.63, 3.8) is 0 Å². The number of aromatic nitrogens is 4. The summed E-state index contributed by atoms with van der Waals surface area (Å²) in [6.45, 7) is 0. The Kier molecular flexibility index (Phi) is 4.69. The largest absolute Gasteiger partial charge is 0.304 e. The van der Waals surface area contributed by atoms with E-state index in [9.17, 15) is 8.78 Å². The third-order valence-electron chi connectivity index (χ3n) is 3.03. The maximum atomic E-state index is 13.3. The Hall–Kier alpha value is -1.45. The molecule has 0 amide bonds. The predicted molar refractivity (Wildman–Crippen MR) is 93.0 cm³/mol. The van der Waals surface area contributed by atoms with E-state index in [0.717, 1.165) is 0 Å². The number of imidazole rings is 2. The number of halogens is 5. The van der Waals surface area contributed by atoms with Crippen molar-refractivity contribution in [2.75, 3.05) is 0 Å². The van der Waals surface area contributed by atoms with Crippen LogP contribution < -0.4 is 0 Å². The van der Waals surface area contributed by atoms with Crippen molar-refractivity contribution in [1.82, 2.24) is 18.8 Å². The molecule has 0 N–H and O–H groups in total. The molecule has 0 bridgehead atoms. The highest BCUT2D eigenvalue weighted by molar-refractivity contribution is 14.1. The Morgan fingerprint density at radius 2 is 1.61 bits per heavy atom. The minimum atomic E-state index is -0.424. The zero-order valence-corrected chi connectivity index (χ0v) is 14.9. The molecular formula is C14H7Cl2F2IN4. The predicted octanol–water partition coefficient (Wildman–Crippen LogP) is 4.86. The molecule has 9 heteroatoms. The Morgan fingerprint density at radius 1 is 0.957 bits per heavy atom. The van der Waals surface area contributed by atoms with Crippen LogP contribution in [0.1, 0.15) is 0 Å². The molecule has 0 spiro atoms. The second-order valence-corrected chi connectivity index (χ2v) is 6.27. The van der Waals surface area contributed by atoms with E-state index in [1.165, 1.54) is 24.7 Å². The molecule has 118 valence electrons. The van der Waals surface area contributed by atoms with Crippen LogP contribution in [-0.2, 0) is 0 Å². The van der Waals surface area contributed by atoms with E-state index >= 15 is 0 Å². The maximum absolute atomic E-state index is 13.3. The molecule has 0 aromatic carbocycles. The van der Waals surface area contributed by atoms with Gasteiger partial charge < -0.3 is 8.80 Å². The molecular weight excluding hydrogens is 460 g/mol. The van der Waals surface area contributed by atoms with Gasteiger partial charge in [0.1, 0.15) is 21.1 Å². The van der Waals surface area contributed by atoms with Crippen molar-refractivity contribution < 1.29 is 8.78 Å². The molecule has 4 rings (SSSR count). The molecule has 0 aliphatic heterocycles. The van der Waals surface area contributed by atoms with Crippen LogP contribution in [0.3, 0.4) is 0 Å². The average Bonchev–Trinajstić information content (AvgIpc) is 3.15. The summed E-state index contributed by atoms with van der Waals surface area (Å²) in [6, 6.07) is 2.99. The average molecular weight is 467 g/mol. The van der Waals surface area contributed by atoms with Crippen LogP contribution in [0.15, 0.2) is 43.4 Å². The van der Waals surface area contributed by atoms with Gasteiger partial charge >= 0.3 is 0 Å². The van der Waals surface area contributed by atoms with Crippen molar-refractivity contribution in [2.24, 2.45) is 0 Å². The zero-order chi connectivity index (χ0) is 16.6. The smallest absolute Gasteiger partial charge is 0.168 e. The van der Waals surface area contributed by atoms with Crippen LogP contribution >= 0.6 is 45.8 Å². The molecule has 0 aliphatic rings. The van der Waals surface area contributed by atoms with Gasteiger partial charge in [-0.15, -0.1) is 0 Å². The van der Waals surface area contributed by atoms with Crippen LogP contribution in [0.2, 0.25) is 10.0 Å². The summed E-state index contributed by atoms with van der Waals surface area (Å²) in [5.41, 5.74) is 0.834. The summed E-state index contributed by atoms with van der Waals surface area (Å²) < 4.78 is 30.1. The van der Waals surface area contributed by atoms with Gasteiger partial charge in [0.15, 0.2) is 11.6 Å². The van der Waals surface area contributed by atoms with Crippen molar-refractivity contribution in [3.05, 3.63) is 68.8 Å². The summed E-state index contributed by atoms with van der Waals surface area (Å²) >= 11 is 13.1. The van der Waals surface area contributed by atoms with E-state index < -0.39 is 11.6 Å². The van der Waals surface area contributed by atoms with Crippen molar-refractivity contribution in [3.8, 4) is 0 Å². The Balaban J connectivity index is 0.000000136. The molecule has 4 aromatic heterocycles. The van der Waals surface area contributed by atoms with Gasteiger partial charge in [0, 0.05) is 12.4 Å². The molecule has 0 saturated heterocycles. The van der Waals surface area contributed by atoms with Gasteiger partial charge in [-0.1, -0.05) is 23.2 Å². The van der Waals surface area contributed by atoms with E-state index in [0.29, 0.717) is 14.7 Å². The highest BCUT2D eigenvalue weighted by Crippen LogP contribution is 2.22. The minimum Gasteiger partial charge on any atom is -0.304 e. The van der Waals surface area contributed by atoms with E-state index in [2.05, 4.69) is 9.97 Å². The van der Waals surface area contributed by atoms with Gasteiger partial charge in [-0.25, -0.2) is 18.7 Å². The van der Waals surface area contributed by atoms with Crippen molar-refractivity contribution in [2.45, 2.75) is 0 Å².